The van der Waals surface area contributed by atoms with Crippen molar-refractivity contribution >= 4 is 17.4 Å². The summed E-state index contributed by atoms with van der Waals surface area (Å²) in [5.41, 5.74) is -0.249. The van der Waals surface area contributed by atoms with E-state index in [1.54, 1.807) is 30.4 Å². The van der Waals surface area contributed by atoms with Crippen LogP contribution in [0.4, 0.5) is 4.79 Å². The van der Waals surface area contributed by atoms with Gasteiger partial charge in [0, 0.05) is 18.3 Å². The molecule has 0 aliphatic heterocycles. The molecule has 126 valence electrons. The largest absolute Gasteiger partial charge is 0.463 e. The van der Waals surface area contributed by atoms with Gasteiger partial charge in [-0.25, -0.2) is 9.78 Å². The fourth-order valence-corrected chi connectivity index (χ4v) is 2.84. The molecule has 0 spiro atoms. The summed E-state index contributed by atoms with van der Waals surface area (Å²) in [6, 6.07) is 3.17. The molecule has 23 heavy (non-hydrogen) atoms. The Labute approximate surface area is 139 Å². The van der Waals surface area contributed by atoms with Crippen LogP contribution in [0.15, 0.2) is 21.9 Å². The minimum atomic E-state index is -1.24. The van der Waals surface area contributed by atoms with Gasteiger partial charge >= 0.3 is 6.03 Å². The van der Waals surface area contributed by atoms with Crippen molar-refractivity contribution in [3.8, 4) is 0 Å². The maximum absolute atomic E-state index is 11.8. The molecule has 2 rings (SSSR count). The Morgan fingerprint density at radius 3 is 2.83 bits per heavy atom. The summed E-state index contributed by atoms with van der Waals surface area (Å²) in [6.45, 7) is 6.05. The molecule has 0 bridgehead atoms. The van der Waals surface area contributed by atoms with Crippen LogP contribution in [0.5, 0.6) is 0 Å². The second kappa shape index (κ2) is 7.61. The van der Waals surface area contributed by atoms with Crippen molar-refractivity contribution in [2.75, 3.05) is 13.1 Å². The smallest absolute Gasteiger partial charge is 0.314 e. The molecule has 0 saturated carbocycles. The van der Waals surface area contributed by atoms with Crippen molar-refractivity contribution in [2.24, 2.45) is 0 Å². The molecule has 0 saturated heterocycles. The SMILES string of the molecule is CCc1nc(CCNC(=O)NC[C@](C)(O)c2ccc(C)o2)cs1. The van der Waals surface area contributed by atoms with Crippen molar-refractivity contribution in [2.45, 2.75) is 39.2 Å². The van der Waals surface area contributed by atoms with E-state index in [1.807, 2.05) is 12.3 Å². The standard InChI is InChI=1S/C16H23N3O3S/c1-4-14-19-12(9-23-14)7-8-17-15(20)18-10-16(3,21)13-6-5-11(2)22-13/h5-6,9,21H,4,7-8,10H2,1-3H3,(H2,17,18,20)/t16-/m0/s1. The van der Waals surface area contributed by atoms with E-state index in [0.29, 0.717) is 18.7 Å². The Morgan fingerprint density at radius 2 is 2.22 bits per heavy atom. The van der Waals surface area contributed by atoms with Gasteiger partial charge < -0.3 is 20.2 Å². The minimum Gasteiger partial charge on any atom is -0.463 e. The van der Waals surface area contributed by atoms with Gasteiger partial charge in [0.15, 0.2) is 0 Å². The third-order valence-electron chi connectivity index (χ3n) is 3.43. The average molecular weight is 337 g/mol. The molecule has 6 nitrogen and oxygen atoms in total. The maximum atomic E-state index is 11.8. The second-order valence-corrected chi connectivity index (χ2v) is 6.57. The number of carbonyl (C=O) groups excluding carboxylic acids is 1. The number of nitrogens with one attached hydrogen (secondary N) is 2. The molecule has 2 aromatic heterocycles. The number of urea groups is 1. The first kappa shape index (κ1) is 17.5. The molecule has 0 aliphatic carbocycles. The van der Waals surface area contributed by atoms with E-state index in [0.717, 1.165) is 22.9 Å². The van der Waals surface area contributed by atoms with Gasteiger partial charge in [0.05, 0.1) is 17.2 Å². The molecule has 0 aromatic carbocycles. The number of hydrogen-bond acceptors (Lipinski definition) is 5. The molecule has 2 aromatic rings. The van der Waals surface area contributed by atoms with Crippen LogP contribution in [-0.4, -0.2) is 29.2 Å². The van der Waals surface area contributed by atoms with E-state index in [2.05, 4.69) is 22.5 Å². The number of nitrogens with zero attached hydrogens (tertiary/aromatic N) is 1. The van der Waals surface area contributed by atoms with Crippen LogP contribution in [0.3, 0.4) is 0 Å². The van der Waals surface area contributed by atoms with E-state index < -0.39 is 5.60 Å². The molecular weight excluding hydrogens is 314 g/mol. The highest BCUT2D eigenvalue weighted by atomic mass is 32.1. The highest BCUT2D eigenvalue weighted by molar-refractivity contribution is 7.09. The van der Waals surface area contributed by atoms with Crippen LogP contribution in [0.25, 0.3) is 0 Å². The lowest BCUT2D eigenvalue weighted by Gasteiger charge is -2.21. The molecule has 0 aliphatic rings. The molecule has 2 amide bonds. The Hall–Kier alpha value is -1.86. The number of aryl methyl sites for hydroxylation is 2. The predicted octanol–water partition coefficient (Wildman–Crippen LogP) is 2.36. The second-order valence-electron chi connectivity index (χ2n) is 5.63. The maximum Gasteiger partial charge on any atom is 0.314 e. The number of hydrogen-bond donors (Lipinski definition) is 3. The minimum absolute atomic E-state index is 0.0719. The highest BCUT2D eigenvalue weighted by Crippen LogP contribution is 2.21. The zero-order valence-electron chi connectivity index (χ0n) is 13.7. The van der Waals surface area contributed by atoms with Crippen molar-refractivity contribution in [3.63, 3.8) is 0 Å². The molecular formula is C16H23N3O3S. The lowest BCUT2D eigenvalue weighted by atomic mass is 10.0. The van der Waals surface area contributed by atoms with Crippen molar-refractivity contribution in [3.05, 3.63) is 39.7 Å². The van der Waals surface area contributed by atoms with Crippen LogP contribution >= 0.6 is 11.3 Å². The average Bonchev–Trinajstić information content (AvgIpc) is 3.14. The number of rotatable bonds is 7. The first-order chi connectivity index (χ1) is 10.9. The molecule has 0 fully saturated rings. The van der Waals surface area contributed by atoms with Crippen molar-refractivity contribution in [1.82, 2.24) is 15.6 Å². The van der Waals surface area contributed by atoms with E-state index >= 15 is 0 Å². The van der Waals surface area contributed by atoms with Crippen LogP contribution in [-0.2, 0) is 18.4 Å². The van der Waals surface area contributed by atoms with E-state index in [4.69, 9.17) is 4.42 Å². The summed E-state index contributed by atoms with van der Waals surface area (Å²) in [6.07, 6.45) is 1.62. The number of aromatic nitrogens is 1. The summed E-state index contributed by atoms with van der Waals surface area (Å²) in [7, 11) is 0. The summed E-state index contributed by atoms with van der Waals surface area (Å²) < 4.78 is 5.40. The van der Waals surface area contributed by atoms with Gasteiger partial charge in [-0.1, -0.05) is 6.92 Å². The molecule has 0 radical (unpaired) electrons. The van der Waals surface area contributed by atoms with E-state index in [-0.39, 0.29) is 12.6 Å². The Morgan fingerprint density at radius 1 is 1.43 bits per heavy atom. The number of amides is 2. The lowest BCUT2D eigenvalue weighted by Crippen LogP contribution is -2.43. The van der Waals surface area contributed by atoms with Crippen LogP contribution in [0.1, 0.15) is 36.1 Å². The highest BCUT2D eigenvalue weighted by Gasteiger charge is 2.27. The fraction of sp³-hybridized carbons (Fsp3) is 0.500. The first-order valence-electron chi connectivity index (χ1n) is 7.65. The van der Waals surface area contributed by atoms with Gasteiger partial charge in [-0.05, 0) is 32.4 Å². The van der Waals surface area contributed by atoms with Crippen molar-refractivity contribution in [1.29, 1.82) is 0 Å². The third-order valence-corrected chi connectivity index (χ3v) is 4.47. The van der Waals surface area contributed by atoms with Gasteiger partial charge in [0.1, 0.15) is 17.1 Å². The Balaban J connectivity index is 1.72. The summed E-state index contributed by atoms with van der Waals surface area (Å²) in [5.74, 6) is 1.16. The number of thiazole rings is 1. The van der Waals surface area contributed by atoms with E-state index in [9.17, 15) is 9.90 Å². The molecule has 2 heterocycles. The number of carbonyl (C=O) groups is 1. The molecule has 3 N–H and O–H groups in total. The van der Waals surface area contributed by atoms with Crippen LogP contribution in [0, 0.1) is 6.92 Å². The van der Waals surface area contributed by atoms with Gasteiger partial charge in [0.2, 0.25) is 0 Å². The Kier molecular flexibility index (Phi) is 5.79. The Bertz CT molecular complexity index is 649. The monoisotopic (exact) mass is 337 g/mol. The van der Waals surface area contributed by atoms with Gasteiger partial charge in [0.25, 0.3) is 0 Å². The summed E-state index contributed by atoms with van der Waals surface area (Å²) in [4.78, 5) is 16.2. The predicted molar refractivity (Wildman–Crippen MR) is 89.6 cm³/mol. The van der Waals surface area contributed by atoms with Crippen molar-refractivity contribution < 1.29 is 14.3 Å². The van der Waals surface area contributed by atoms with Gasteiger partial charge in [-0.2, -0.15) is 0 Å². The molecule has 7 heteroatoms. The van der Waals surface area contributed by atoms with Gasteiger partial charge in [-0.15, -0.1) is 11.3 Å². The lowest BCUT2D eigenvalue weighted by molar-refractivity contribution is 0.0360. The molecule has 1 atom stereocenters. The van der Waals surface area contributed by atoms with Crippen LogP contribution in [0.2, 0.25) is 0 Å². The molecule has 0 unspecified atom stereocenters. The fourth-order valence-electron chi connectivity index (χ4n) is 2.06. The number of furan rings is 1. The van der Waals surface area contributed by atoms with E-state index in [1.165, 1.54) is 0 Å². The normalized spacial score (nSPS) is 13.6. The van der Waals surface area contributed by atoms with Crippen LogP contribution < -0.4 is 10.6 Å². The third kappa shape index (κ3) is 5.07. The summed E-state index contributed by atoms with van der Waals surface area (Å²) >= 11 is 1.64. The summed E-state index contributed by atoms with van der Waals surface area (Å²) in [5, 5.41) is 18.9. The number of aliphatic hydroxyl groups is 1. The quantitative estimate of drug-likeness (QED) is 0.724. The zero-order chi connectivity index (χ0) is 16.9. The first-order valence-corrected chi connectivity index (χ1v) is 8.53. The zero-order valence-corrected chi connectivity index (χ0v) is 14.5. The van der Waals surface area contributed by atoms with Gasteiger partial charge in [-0.3, -0.25) is 0 Å². The topological polar surface area (TPSA) is 87.4 Å².